The Balaban J connectivity index is 2.16. The maximum Gasteiger partial charge on any atom is 0.268 e. The third-order valence-electron chi connectivity index (χ3n) is 4.14. The third-order valence-corrected chi connectivity index (χ3v) is 4.14. The quantitative estimate of drug-likeness (QED) is 0.763. The molecule has 0 bridgehead atoms. The van der Waals surface area contributed by atoms with Gasteiger partial charge < -0.3 is 16.0 Å². The van der Waals surface area contributed by atoms with Crippen molar-refractivity contribution in [2.75, 3.05) is 6.54 Å². The fraction of sp³-hybridized carbons (Fsp3) is 0.353. The molecule has 0 atom stereocenters. The number of rotatable bonds is 6. The highest BCUT2D eigenvalue weighted by molar-refractivity contribution is 5.93. The van der Waals surface area contributed by atoms with Crippen LogP contribution in [0.3, 0.4) is 0 Å². The van der Waals surface area contributed by atoms with Crippen molar-refractivity contribution in [1.82, 2.24) is 10.3 Å². The first-order valence-electron chi connectivity index (χ1n) is 7.41. The first kappa shape index (κ1) is 15.3. The van der Waals surface area contributed by atoms with Crippen LogP contribution in [0.4, 0.5) is 0 Å². The maximum absolute atomic E-state index is 12.4. The molecular formula is C17H23N3O. The summed E-state index contributed by atoms with van der Waals surface area (Å²) >= 11 is 0. The van der Waals surface area contributed by atoms with Crippen molar-refractivity contribution in [1.29, 1.82) is 0 Å². The molecule has 4 N–H and O–H groups in total. The van der Waals surface area contributed by atoms with Gasteiger partial charge in [0.05, 0.1) is 5.54 Å². The summed E-state index contributed by atoms with van der Waals surface area (Å²) in [5.74, 6) is -0.105. The number of nitrogens with two attached hydrogens (primary N) is 1. The van der Waals surface area contributed by atoms with Crippen molar-refractivity contribution >= 4 is 5.91 Å². The van der Waals surface area contributed by atoms with E-state index in [0.29, 0.717) is 12.2 Å². The minimum atomic E-state index is -0.324. The van der Waals surface area contributed by atoms with E-state index < -0.39 is 0 Å². The first-order chi connectivity index (χ1) is 10.1. The SMILES string of the molecule is CCC(CC)(CN)NC(=O)c1ccc(-c2ccccc2)[nH]1. The summed E-state index contributed by atoms with van der Waals surface area (Å²) in [6, 6.07) is 13.7. The molecule has 2 rings (SSSR count). The van der Waals surface area contributed by atoms with Gasteiger partial charge in [0.2, 0.25) is 0 Å². The summed E-state index contributed by atoms with van der Waals surface area (Å²) in [4.78, 5) is 15.6. The monoisotopic (exact) mass is 285 g/mol. The number of hydrogen-bond acceptors (Lipinski definition) is 2. The second-order valence-electron chi connectivity index (χ2n) is 5.30. The van der Waals surface area contributed by atoms with Gasteiger partial charge in [0.15, 0.2) is 0 Å². The molecule has 0 aliphatic carbocycles. The number of aromatic amines is 1. The minimum Gasteiger partial charge on any atom is -0.351 e. The number of amides is 1. The Kier molecular flexibility index (Phi) is 4.81. The first-order valence-corrected chi connectivity index (χ1v) is 7.41. The van der Waals surface area contributed by atoms with Gasteiger partial charge in [-0.05, 0) is 30.5 Å². The topological polar surface area (TPSA) is 70.9 Å². The average Bonchev–Trinajstić information content (AvgIpc) is 3.04. The number of H-pyrrole nitrogens is 1. The van der Waals surface area contributed by atoms with Gasteiger partial charge in [-0.1, -0.05) is 44.2 Å². The van der Waals surface area contributed by atoms with E-state index in [4.69, 9.17) is 5.73 Å². The number of carbonyl (C=O) groups excluding carboxylic acids is 1. The number of hydrogen-bond donors (Lipinski definition) is 3. The van der Waals surface area contributed by atoms with Crippen LogP contribution in [0, 0.1) is 0 Å². The smallest absolute Gasteiger partial charge is 0.268 e. The molecule has 4 nitrogen and oxygen atoms in total. The molecule has 2 aromatic rings. The third kappa shape index (κ3) is 3.34. The highest BCUT2D eigenvalue weighted by Gasteiger charge is 2.27. The second-order valence-corrected chi connectivity index (χ2v) is 5.30. The normalized spacial score (nSPS) is 11.4. The Morgan fingerprint density at radius 3 is 2.38 bits per heavy atom. The van der Waals surface area contributed by atoms with Crippen molar-refractivity contribution in [3.05, 3.63) is 48.2 Å². The highest BCUT2D eigenvalue weighted by atomic mass is 16.2. The summed E-state index contributed by atoms with van der Waals surface area (Å²) in [5.41, 5.74) is 8.07. The summed E-state index contributed by atoms with van der Waals surface area (Å²) in [5, 5.41) is 3.07. The molecule has 0 radical (unpaired) electrons. The van der Waals surface area contributed by atoms with E-state index in [1.807, 2.05) is 56.3 Å². The molecule has 0 aliphatic rings. The fourth-order valence-electron chi connectivity index (χ4n) is 2.39. The van der Waals surface area contributed by atoms with Gasteiger partial charge in [0, 0.05) is 12.2 Å². The van der Waals surface area contributed by atoms with Crippen LogP contribution in [0.2, 0.25) is 0 Å². The van der Waals surface area contributed by atoms with Gasteiger partial charge >= 0.3 is 0 Å². The van der Waals surface area contributed by atoms with E-state index in [1.165, 1.54) is 0 Å². The van der Waals surface area contributed by atoms with Gasteiger partial charge in [-0.2, -0.15) is 0 Å². The van der Waals surface area contributed by atoms with Crippen molar-refractivity contribution in [3.63, 3.8) is 0 Å². The van der Waals surface area contributed by atoms with E-state index >= 15 is 0 Å². The minimum absolute atomic E-state index is 0.105. The standard InChI is InChI=1S/C17H23N3O/c1-3-17(4-2,12-18)20-16(21)15-11-10-14(19-15)13-8-6-5-7-9-13/h5-11,19H,3-4,12,18H2,1-2H3,(H,20,21). The van der Waals surface area contributed by atoms with Gasteiger partial charge in [-0.15, -0.1) is 0 Å². The molecular weight excluding hydrogens is 262 g/mol. The van der Waals surface area contributed by atoms with Crippen LogP contribution in [0.1, 0.15) is 37.2 Å². The van der Waals surface area contributed by atoms with E-state index in [-0.39, 0.29) is 11.4 Å². The summed E-state index contributed by atoms with van der Waals surface area (Å²) in [6.07, 6.45) is 1.63. The van der Waals surface area contributed by atoms with E-state index in [0.717, 1.165) is 24.1 Å². The lowest BCUT2D eigenvalue weighted by Gasteiger charge is -2.31. The Morgan fingerprint density at radius 2 is 1.81 bits per heavy atom. The maximum atomic E-state index is 12.4. The van der Waals surface area contributed by atoms with Crippen LogP contribution >= 0.6 is 0 Å². The lowest BCUT2D eigenvalue weighted by Crippen LogP contribution is -2.52. The molecule has 0 spiro atoms. The zero-order valence-corrected chi connectivity index (χ0v) is 12.6. The van der Waals surface area contributed by atoms with Crippen LogP contribution in [-0.2, 0) is 0 Å². The van der Waals surface area contributed by atoms with Crippen LogP contribution in [0.5, 0.6) is 0 Å². The van der Waals surface area contributed by atoms with E-state index in [2.05, 4.69) is 10.3 Å². The molecule has 1 heterocycles. The van der Waals surface area contributed by atoms with Crippen LogP contribution < -0.4 is 11.1 Å². The van der Waals surface area contributed by atoms with Crippen LogP contribution in [0.25, 0.3) is 11.3 Å². The molecule has 0 saturated heterocycles. The van der Waals surface area contributed by atoms with E-state index in [9.17, 15) is 4.79 Å². The van der Waals surface area contributed by atoms with Crippen LogP contribution in [-0.4, -0.2) is 23.0 Å². The summed E-state index contributed by atoms with van der Waals surface area (Å²) in [7, 11) is 0. The van der Waals surface area contributed by atoms with Crippen molar-refractivity contribution in [3.8, 4) is 11.3 Å². The zero-order valence-electron chi connectivity index (χ0n) is 12.6. The van der Waals surface area contributed by atoms with Gasteiger partial charge in [-0.25, -0.2) is 0 Å². The highest BCUT2D eigenvalue weighted by Crippen LogP contribution is 2.19. The van der Waals surface area contributed by atoms with Gasteiger partial charge in [0.25, 0.3) is 5.91 Å². The van der Waals surface area contributed by atoms with Crippen molar-refractivity contribution in [2.45, 2.75) is 32.2 Å². The molecule has 0 aliphatic heterocycles. The Hall–Kier alpha value is -2.07. The molecule has 0 saturated carbocycles. The van der Waals surface area contributed by atoms with Gasteiger partial charge in [-0.3, -0.25) is 4.79 Å². The zero-order chi connectivity index (χ0) is 15.3. The van der Waals surface area contributed by atoms with Crippen LogP contribution in [0.15, 0.2) is 42.5 Å². The fourth-order valence-corrected chi connectivity index (χ4v) is 2.39. The van der Waals surface area contributed by atoms with E-state index in [1.54, 1.807) is 0 Å². The Morgan fingerprint density at radius 1 is 1.14 bits per heavy atom. The summed E-state index contributed by atoms with van der Waals surface area (Å²) in [6.45, 7) is 4.53. The molecule has 112 valence electrons. The predicted octanol–water partition coefficient (Wildman–Crippen LogP) is 2.93. The number of aromatic nitrogens is 1. The lowest BCUT2D eigenvalue weighted by atomic mass is 9.93. The average molecular weight is 285 g/mol. The number of benzene rings is 1. The largest absolute Gasteiger partial charge is 0.351 e. The predicted molar refractivity (Wildman–Crippen MR) is 86.1 cm³/mol. The molecule has 21 heavy (non-hydrogen) atoms. The van der Waals surface area contributed by atoms with Crippen molar-refractivity contribution in [2.24, 2.45) is 5.73 Å². The summed E-state index contributed by atoms with van der Waals surface area (Å²) < 4.78 is 0. The molecule has 1 aromatic heterocycles. The van der Waals surface area contributed by atoms with Gasteiger partial charge in [0.1, 0.15) is 5.69 Å². The number of nitrogens with one attached hydrogen (secondary N) is 2. The lowest BCUT2D eigenvalue weighted by molar-refractivity contribution is 0.0891. The Labute approximate surface area is 125 Å². The molecule has 4 heteroatoms. The second kappa shape index (κ2) is 6.59. The molecule has 1 aromatic carbocycles. The Bertz CT molecular complexity index is 577. The molecule has 0 fully saturated rings. The molecule has 0 unspecified atom stereocenters. The van der Waals surface area contributed by atoms with Crippen molar-refractivity contribution < 1.29 is 4.79 Å². The number of carbonyl (C=O) groups is 1. The molecule has 1 amide bonds.